The van der Waals surface area contributed by atoms with Crippen LogP contribution in [0.5, 0.6) is 6.01 Å². The minimum absolute atomic E-state index is 0.212. The molecule has 1 aliphatic rings. The van der Waals surface area contributed by atoms with Crippen molar-refractivity contribution in [3.05, 3.63) is 0 Å². The Morgan fingerprint density at radius 2 is 2.11 bits per heavy atom. The molecule has 1 aliphatic carbocycles. The summed E-state index contributed by atoms with van der Waals surface area (Å²) < 4.78 is 5.32. The van der Waals surface area contributed by atoms with Crippen molar-refractivity contribution in [2.75, 3.05) is 24.3 Å². The highest BCUT2D eigenvalue weighted by molar-refractivity contribution is 5.36. The maximum absolute atomic E-state index is 5.72. The van der Waals surface area contributed by atoms with E-state index in [4.69, 9.17) is 10.5 Å². The lowest BCUT2D eigenvalue weighted by Gasteiger charge is -2.34. The second-order valence-electron chi connectivity index (χ2n) is 5.25. The van der Waals surface area contributed by atoms with E-state index in [0.717, 1.165) is 5.92 Å². The fourth-order valence-corrected chi connectivity index (χ4v) is 2.63. The summed E-state index contributed by atoms with van der Waals surface area (Å²) in [5, 5.41) is 0. The van der Waals surface area contributed by atoms with Crippen LogP contribution in [0.1, 0.15) is 39.5 Å². The van der Waals surface area contributed by atoms with Gasteiger partial charge < -0.3 is 15.4 Å². The number of hydrogen-bond acceptors (Lipinski definition) is 6. The molecule has 1 aromatic heterocycles. The molecule has 2 unspecified atom stereocenters. The Balaban J connectivity index is 2.15. The molecule has 6 nitrogen and oxygen atoms in total. The Morgan fingerprint density at radius 3 is 2.79 bits per heavy atom. The first-order valence-electron chi connectivity index (χ1n) is 6.97. The van der Waals surface area contributed by atoms with Gasteiger partial charge in [-0.3, -0.25) is 0 Å². The molecule has 2 atom stereocenters. The van der Waals surface area contributed by atoms with Crippen LogP contribution in [-0.4, -0.2) is 34.6 Å². The van der Waals surface area contributed by atoms with E-state index in [0.29, 0.717) is 24.6 Å². The van der Waals surface area contributed by atoms with Gasteiger partial charge in [-0.2, -0.15) is 15.0 Å². The van der Waals surface area contributed by atoms with Gasteiger partial charge in [0, 0.05) is 13.1 Å². The second-order valence-corrected chi connectivity index (χ2v) is 5.25. The molecule has 2 N–H and O–H groups in total. The first-order valence-corrected chi connectivity index (χ1v) is 6.97. The van der Waals surface area contributed by atoms with Crippen LogP contribution in [0.15, 0.2) is 0 Å². The zero-order valence-corrected chi connectivity index (χ0v) is 12.0. The number of anilines is 2. The van der Waals surface area contributed by atoms with Crippen LogP contribution in [-0.2, 0) is 0 Å². The van der Waals surface area contributed by atoms with Crippen molar-refractivity contribution in [1.82, 2.24) is 15.0 Å². The zero-order chi connectivity index (χ0) is 13.8. The number of aromatic nitrogens is 3. The summed E-state index contributed by atoms with van der Waals surface area (Å²) in [6, 6.07) is 0.778. The van der Waals surface area contributed by atoms with Crippen LogP contribution >= 0.6 is 0 Å². The second kappa shape index (κ2) is 6.04. The SMILES string of the molecule is CCOc1nc(N)nc(N(C)C2CCCC(C)C2)n1. The predicted molar refractivity (Wildman–Crippen MR) is 75.2 cm³/mol. The zero-order valence-electron chi connectivity index (χ0n) is 12.0. The summed E-state index contributed by atoms with van der Waals surface area (Å²) in [7, 11) is 2.02. The van der Waals surface area contributed by atoms with Crippen LogP contribution in [0.25, 0.3) is 0 Å². The molecule has 1 aromatic rings. The molecule has 1 saturated carbocycles. The van der Waals surface area contributed by atoms with Crippen LogP contribution < -0.4 is 15.4 Å². The largest absolute Gasteiger partial charge is 0.464 e. The lowest BCUT2D eigenvalue weighted by molar-refractivity contribution is 0.309. The quantitative estimate of drug-likeness (QED) is 0.895. The van der Waals surface area contributed by atoms with Gasteiger partial charge >= 0.3 is 6.01 Å². The van der Waals surface area contributed by atoms with E-state index >= 15 is 0 Å². The first kappa shape index (κ1) is 13.8. The molecule has 1 fully saturated rings. The third-order valence-corrected chi connectivity index (χ3v) is 3.67. The van der Waals surface area contributed by atoms with E-state index in [1.165, 1.54) is 25.7 Å². The normalized spacial score (nSPS) is 23.1. The minimum atomic E-state index is 0.212. The fraction of sp³-hybridized carbons (Fsp3) is 0.769. The number of nitrogen functional groups attached to an aromatic ring is 1. The van der Waals surface area contributed by atoms with Gasteiger partial charge in [0.15, 0.2) is 0 Å². The summed E-state index contributed by atoms with van der Waals surface area (Å²) >= 11 is 0. The standard InChI is InChI=1S/C13H23N5O/c1-4-19-13-16-11(14)15-12(17-13)18(3)10-7-5-6-9(2)8-10/h9-10H,4-8H2,1-3H3,(H2,14,15,16,17). The first-order chi connectivity index (χ1) is 9.10. The fourth-order valence-electron chi connectivity index (χ4n) is 2.63. The van der Waals surface area contributed by atoms with Gasteiger partial charge in [-0.1, -0.05) is 19.8 Å². The van der Waals surface area contributed by atoms with Crippen molar-refractivity contribution in [1.29, 1.82) is 0 Å². The van der Waals surface area contributed by atoms with Crippen molar-refractivity contribution >= 4 is 11.9 Å². The summed E-state index contributed by atoms with van der Waals surface area (Å²) in [5.41, 5.74) is 5.72. The van der Waals surface area contributed by atoms with Crippen LogP contribution in [0.3, 0.4) is 0 Å². The van der Waals surface area contributed by atoms with Crippen LogP contribution in [0.4, 0.5) is 11.9 Å². The maximum atomic E-state index is 5.72. The molecule has 0 bridgehead atoms. The van der Waals surface area contributed by atoms with Crippen molar-refractivity contribution in [3.8, 4) is 6.01 Å². The molecule has 0 aliphatic heterocycles. The molecule has 0 spiro atoms. The van der Waals surface area contributed by atoms with Gasteiger partial charge in [-0.15, -0.1) is 0 Å². The van der Waals surface area contributed by atoms with Crippen LogP contribution in [0, 0.1) is 5.92 Å². The van der Waals surface area contributed by atoms with E-state index in [1.807, 2.05) is 14.0 Å². The molecule has 0 radical (unpaired) electrons. The third-order valence-electron chi connectivity index (χ3n) is 3.67. The summed E-state index contributed by atoms with van der Waals surface area (Å²) in [5.74, 6) is 1.57. The van der Waals surface area contributed by atoms with Gasteiger partial charge in [-0.05, 0) is 25.7 Å². The van der Waals surface area contributed by atoms with E-state index in [1.54, 1.807) is 0 Å². The van der Waals surface area contributed by atoms with Gasteiger partial charge in [0.05, 0.1) is 6.61 Å². The average Bonchev–Trinajstić information content (AvgIpc) is 2.37. The molecular formula is C13H23N5O. The Kier molecular flexibility index (Phi) is 4.39. The van der Waals surface area contributed by atoms with Crippen molar-refractivity contribution in [2.45, 2.75) is 45.6 Å². The maximum Gasteiger partial charge on any atom is 0.323 e. The third kappa shape index (κ3) is 3.45. The molecule has 0 amide bonds. The topological polar surface area (TPSA) is 77.2 Å². The van der Waals surface area contributed by atoms with Crippen molar-refractivity contribution in [3.63, 3.8) is 0 Å². The number of ether oxygens (including phenoxy) is 1. The molecule has 2 rings (SSSR count). The van der Waals surface area contributed by atoms with E-state index < -0.39 is 0 Å². The molecule has 106 valence electrons. The van der Waals surface area contributed by atoms with Gasteiger partial charge in [-0.25, -0.2) is 0 Å². The molecule has 0 aromatic carbocycles. The van der Waals surface area contributed by atoms with E-state index in [2.05, 4.69) is 26.8 Å². The highest BCUT2D eigenvalue weighted by Crippen LogP contribution is 2.28. The Labute approximate surface area is 114 Å². The monoisotopic (exact) mass is 265 g/mol. The van der Waals surface area contributed by atoms with Crippen molar-refractivity contribution in [2.24, 2.45) is 5.92 Å². The number of rotatable bonds is 4. The predicted octanol–water partition coefficient (Wildman–Crippen LogP) is 1.87. The Hall–Kier alpha value is -1.59. The molecule has 6 heteroatoms. The Morgan fingerprint density at radius 1 is 1.32 bits per heavy atom. The van der Waals surface area contributed by atoms with Crippen LogP contribution in [0.2, 0.25) is 0 Å². The highest BCUT2D eigenvalue weighted by Gasteiger charge is 2.24. The van der Waals surface area contributed by atoms with Gasteiger partial charge in [0.1, 0.15) is 0 Å². The summed E-state index contributed by atoms with van der Waals surface area (Å²) in [6.07, 6.45) is 4.92. The van der Waals surface area contributed by atoms with E-state index in [-0.39, 0.29) is 5.95 Å². The molecule has 0 saturated heterocycles. The highest BCUT2D eigenvalue weighted by atomic mass is 16.5. The molecule has 19 heavy (non-hydrogen) atoms. The lowest BCUT2D eigenvalue weighted by atomic mass is 9.86. The summed E-state index contributed by atoms with van der Waals surface area (Å²) in [6.45, 7) is 4.71. The van der Waals surface area contributed by atoms with Crippen molar-refractivity contribution < 1.29 is 4.74 Å². The molecular weight excluding hydrogens is 242 g/mol. The smallest absolute Gasteiger partial charge is 0.323 e. The lowest BCUT2D eigenvalue weighted by Crippen LogP contribution is -2.36. The van der Waals surface area contributed by atoms with Gasteiger partial charge in [0.2, 0.25) is 11.9 Å². The Bertz CT molecular complexity index is 425. The van der Waals surface area contributed by atoms with E-state index in [9.17, 15) is 0 Å². The van der Waals surface area contributed by atoms with Gasteiger partial charge in [0.25, 0.3) is 0 Å². The summed E-state index contributed by atoms with van der Waals surface area (Å²) in [4.78, 5) is 14.6. The number of nitrogens with zero attached hydrogens (tertiary/aromatic N) is 4. The number of hydrogen-bond donors (Lipinski definition) is 1. The minimum Gasteiger partial charge on any atom is -0.464 e. The molecule has 1 heterocycles. The average molecular weight is 265 g/mol. The number of nitrogens with two attached hydrogens (primary N) is 1.